The van der Waals surface area contributed by atoms with Crippen LogP contribution in [-0.4, -0.2) is 45.4 Å². The van der Waals surface area contributed by atoms with Crippen molar-refractivity contribution in [3.05, 3.63) is 77.3 Å². The van der Waals surface area contributed by atoms with Crippen LogP contribution in [0.15, 0.2) is 66.7 Å². The van der Waals surface area contributed by atoms with Gasteiger partial charge in [0.05, 0.1) is 17.4 Å². The second-order valence-corrected chi connectivity index (χ2v) is 11.5. The van der Waals surface area contributed by atoms with Crippen LogP contribution in [0.5, 0.6) is 0 Å². The van der Waals surface area contributed by atoms with E-state index in [1.807, 2.05) is 63.3 Å². The molecule has 0 aromatic heterocycles. The van der Waals surface area contributed by atoms with Crippen LogP contribution in [0, 0.1) is 11.8 Å². The molecule has 0 unspecified atom stereocenters. The molecule has 2 N–H and O–H groups in total. The normalized spacial score (nSPS) is 30.4. The Labute approximate surface area is 215 Å². The fraction of sp³-hybridized carbons (Fsp3) is 0.393. The minimum atomic E-state index is -1.24. The summed E-state index contributed by atoms with van der Waals surface area (Å²) >= 11 is 6.05. The Balaban J connectivity index is 1.54. The van der Waals surface area contributed by atoms with Crippen LogP contribution in [-0.2, 0) is 25.7 Å². The number of halogens is 1. The van der Waals surface area contributed by atoms with Crippen molar-refractivity contribution < 1.29 is 19.1 Å². The number of carbonyl (C=O) groups excluding carboxylic acids is 3. The SMILES string of the molecule is CC(C)(C)NC(=O)[C@H]1N(Cc2ccc(Cl)cc2)C(=O)[C@@H]2[C@H](C(=O)Nc3ccccc3)[C@]3(C)C=C[C@@]21O3. The number of hydrogen-bond donors (Lipinski definition) is 2. The van der Waals surface area contributed by atoms with E-state index in [4.69, 9.17) is 16.3 Å². The number of nitrogens with one attached hydrogen (secondary N) is 2. The summed E-state index contributed by atoms with van der Waals surface area (Å²) < 4.78 is 6.53. The van der Waals surface area contributed by atoms with E-state index in [1.165, 1.54) is 0 Å². The summed E-state index contributed by atoms with van der Waals surface area (Å²) in [4.78, 5) is 42.9. The summed E-state index contributed by atoms with van der Waals surface area (Å²) in [5.74, 6) is -2.53. The maximum Gasteiger partial charge on any atom is 0.246 e. The summed E-state index contributed by atoms with van der Waals surface area (Å²) in [6.07, 6.45) is 3.64. The van der Waals surface area contributed by atoms with Gasteiger partial charge in [-0.1, -0.05) is 54.1 Å². The van der Waals surface area contributed by atoms with E-state index >= 15 is 0 Å². The van der Waals surface area contributed by atoms with E-state index in [1.54, 1.807) is 36.1 Å². The molecule has 2 fully saturated rings. The first-order valence-electron chi connectivity index (χ1n) is 12.1. The Bertz CT molecular complexity index is 1240. The Morgan fingerprint density at radius 3 is 2.33 bits per heavy atom. The molecule has 5 rings (SSSR count). The number of rotatable bonds is 5. The molecule has 3 heterocycles. The van der Waals surface area contributed by atoms with Gasteiger partial charge < -0.3 is 20.3 Å². The van der Waals surface area contributed by atoms with Crippen LogP contribution < -0.4 is 10.6 Å². The lowest BCUT2D eigenvalue weighted by Crippen LogP contribution is -2.57. The zero-order valence-corrected chi connectivity index (χ0v) is 21.5. The summed E-state index contributed by atoms with van der Waals surface area (Å²) in [6, 6.07) is 15.3. The Hall–Kier alpha value is -3.16. The van der Waals surface area contributed by atoms with E-state index < -0.39 is 34.6 Å². The highest BCUT2D eigenvalue weighted by molar-refractivity contribution is 6.30. The largest absolute Gasteiger partial charge is 0.356 e. The molecule has 2 bridgehead atoms. The lowest BCUT2D eigenvalue weighted by atomic mass is 9.70. The molecule has 0 saturated carbocycles. The van der Waals surface area contributed by atoms with Gasteiger partial charge in [0, 0.05) is 22.8 Å². The molecule has 2 aromatic rings. The standard InChI is InChI=1S/C28H30ClN3O4/c1-26(2,3)31-24(34)22-28-15-14-27(4,36-28)20(23(33)30-19-8-6-5-7-9-19)21(28)25(35)32(22)16-17-10-12-18(29)13-11-17/h5-15,20-22H,16H2,1-4H3,(H,30,33)(H,31,34)/t20-,21+,22-,27+,28-/m1/s1. The van der Waals surface area contributed by atoms with Crippen LogP contribution in [0.25, 0.3) is 0 Å². The number of carbonyl (C=O) groups is 3. The number of amides is 3. The number of fused-ring (bicyclic) bond motifs is 1. The quantitative estimate of drug-likeness (QED) is 0.600. The number of hydrogen-bond acceptors (Lipinski definition) is 4. The highest BCUT2D eigenvalue weighted by Gasteiger charge is 2.76. The van der Waals surface area contributed by atoms with Crippen molar-refractivity contribution in [3.63, 3.8) is 0 Å². The molecule has 5 atom stereocenters. The lowest BCUT2D eigenvalue weighted by molar-refractivity contribution is -0.145. The number of para-hydroxylation sites is 1. The summed E-state index contributed by atoms with van der Waals surface area (Å²) in [5.41, 5.74) is -1.31. The average molecular weight is 508 g/mol. The van der Waals surface area contributed by atoms with Crippen molar-refractivity contribution in [2.75, 3.05) is 5.32 Å². The van der Waals surface area contributed by atoms with Crippen molar-refractivity contribution in [3.8, 4) is 0 Å². The van der Waals surface area contributed by atoms with Gasteiger partial charge in [-0.05, 0) is 57.5 Å². The van der Waals surface area contributed by atoms with Gasteiger partial charge in [0.25, 0.3) is 0 Å². The van der Waals surface area contributed by atoms with Crippen molar-refractivity contribution in [2.45, 2.75) is 57.0 Å². The van der Waals surface area contributed by atoms with Crippen molar-refractivity contribution in [2.24, 2.45) is 11.8 Å². The molecule has 2 saturated heterocycles. The fourth-order valence-electron chi connectivity index (χ4n) is 5.77. The first kappa shape index (κ1) is 24.5. The molecule has 1 spiro atoms. The van der Waals surface area contributed by atoms with Crippen LogP contribution in [0.3, 0.4) is 0 Å². The highest BCUT2D eigenvalue weighted by Crippen LogP contribution is 2.60. The Morgan fingerprint density at radius 2 is 1.69 bits per heavy atom. The van der Waals surface area contributed by atoms with Crippen LogP contribution >= 0.6 is 11.6 Å². The maximum absolute atomic E-state index is 14.1. The average Bonchev–Trinajstić information content (AvgIpc) is 3.36. The van der Waals surface area contributed by atoms with E-state index in [-0.39, 0.29) is 24.3 Å². The number of benzene rings is 2. The highest BCUT2D eigenvalue weighted by atomic mass is 35.5. The minimum absolute atomic E-state index is 0.192. The molecule has 36 heavy (non-hydrogen) atoms. The van der Waals surface area contributed by atoms with Crippen LogP contribution in [0.2, 0.25) is 5.02 Å². The topological polar surface area (TPSA) is 87.7 Å². The molecular weight excluding hydrogens is 478 g/mol. The molecule has 3 aliphatic heterocycles. The van der Waals surface area contributed by atoms with Gasteiger partial charge in [-0.3, -0.25) is 14.4 Å². The zero-order chi connectivity index (χ0) is 25.9. The molecule has 2 aromatic carbocycles. The van der Waals surface area contributed by atoms with Gasteiger partial charge in [0.15, 0.2) is 0 Å². The van der Waals surface area contributed by atoms with Gasteiger partial charge in [0.2, 0.25) is 17.7 Å². The van der Waals surface area contributed by atoms with Crippen LogP contribution in [0.1, 0.15) is 33.3 Å². The predicted molar refractivity (Wildman–Crippen MR) is 137 cm³/mol. The molecule has 0 radical (unpaired) electrons. The monoisotopic (exact) mass is 507 g/mol. The van der Waals surface area contributed by atoms with Gasteiger partial charge in [-0.2, -0.15) is 0 Å². The van der Waals surface area contributed by atoms with Gasteiger partial charge in [-0.25, -0.2) is 0 Å². The van der Waals surface area contributed by atoms with Gasteiger partial charge >= 0.3 is 0 Å². The third-order valence-electron chi connectivity index (χ3n) is 7.13. The Morgan fingerprint density at radius 1 is 1.03 bits per heavy atom. The third-order valence-corrected chi connectivity index (χ3v) is 7.39. The van der Waals surface area contributed by atoms with E-state index in [0.29, 0.717) is 10.7 Å². The lowest BCUT2D eigenvalue weighted by Gasteiger charge is -2.35. The molecule has 7 nitrogen and oxygen atoms in total. The second-order valence-electron chi connectivity index (χ2n) is 11.0. The van der Waals surface area contributed by atoms with Crippen molar-refractivity contribution >= 4 is 35.0 Å². The number of likely N-dealkylation sites (tertiary alicyclic amines) is 1. The number of ether oxygens (including phenoxy) is 1. The number of anilines is 1. The van der Waals surface area contributed by atoms with E-state index in [0.717, 1.165) is 5.56 Å². The first-order valence-corrected chi connectivity index (χ1v) is 12.4. The zero-order valence-electron chi connectivity index (χ0n) is 20.7. The smallest absolute Gasteiger partial charge is 0.246 e. The molecule has 188 valence electrons. The van der Waals surface area contributed by atoms with Crippen molar-refractivity contribution in [1.29, 1.82) is 0 Å². The fourth-order valence-corrected chi connectivity index (χ4v) is 5.89. The Kier molecular flexibility index (Phi) is 5.76. The van der Waals surface area contributed by atoms with Crippen molar-refractivity contribution in [1.82, 2.24) is 10.2 Å². The maximum atomic E-state index is 14.1. The summed E-state index contributed by atoms with van der Waals surface area (Å²) in [5, 5.41) is 6.55. The van der Waals surface area contributed by atoms with Crippen LogP contribution in [0.4, 0.5) is 5.69 Å². The van der Waals surface area contributed by atoms with E-state index in [9.17, 15) is 14.4 Å². The minimum Gasteiger partial charge on any atom is -0.356 e. The molecule has 0 aliphatic carbocycles. The molecule has 8 heteroatoms. The summed E-state index contributed by atoms with van der Waals surface area (Å²) in [6.45, 7) is 7.67. The molecular formula is C28H30ClN3O4. The summed E-state index contributed by atoms with van der Waals surface area (Å²) in [7, 11) is 0. The van der Waals surface area contributed by atoms with Gasteiger partial charge in [-0.15, -0.1) is 0 Å². The predicted octanol–water partition coefficient (Wildman–Crippen LogP) is 3.93. The van der Waals surface area contributed by atoms with E-state index in [2.05, 4.69) is 10.6 Å². The first-order chi connectivity index (χ1) is 16.9. The third kappa shape index (κ3) is 4.00. The molecule has 3 amide bonds. The van der Waals surface area contributed by atoms with Gasteiger partial charge in [0.1, 0.15) is 11.6 Å². The second kappa shape index (κ2) is 8.46. The molecule has 3 aliphatic rings. The number of nitrogens with zero attached hydrogens (tertiary/aromatic N) is 1.